The maximum atomic E-state index is 12.7. The second kappa shape index (κ2) is 10.2. The van der Waals surface area contributed by atoms with Crippen LogP contribution in [0.15, 0.2) is 65.6 Å². The minimum Gasteiger partial charge on any atom is -0.454 e. The first kappa shape index (κ1) is 23.0. The molecular formula is C27H23NO6S. The van der Waals surface area contributed by atoms with Gasteiger partial charge in [0.1, 0.15) is 0 Å². The van der Waals surface area contributed by atoms with Crippen LogP contribution >= 0.6 is 11.8 Å². The number of aryl methyl sites for hydroxylation is 2. The summed E-state index contributed by atoms with van der Waals surface area (Å²) < 4.78 is 15.9. The number of benzene rings is 3. The summed E-state index contributed by atoms with van der Waals surface area (Å²) >= 11 is 1.22. The molecule has 0 bridgehead atoms. The Bertz CT molecular complexity index is 1300. The number of Topliss-reactive ketones (excluding diaryl/α,β-unsaturated/α-hetero) is 1. The summed E-state index contributed by atoms with van der Waals surface area (Å²) in [5, 5.41) is 2.81. The van der Waals surface area contributed by atoms with Crippen LogP contribution in [0.3, 0.4) is 0 Å². The van der Waals surface area contributed by atoms with Crippen LogP contribution in [0.1, 0.15) is 38.3 Å². The Morgan fingerprint density at radius 1 is 0.914 bits per heavy atom. The number of carbonyl (C=O) groups is 3. The number of ketones is 1. The summed E-state index contributed by atoms with van der Waals surface area (Å²) in [6.45, 7) is -0.171. The summed E-state index contributed by atoms with van der Waals surface area (Å²) in [5.74, 6) is 0.244. The molecule has 7 nitrogen and oxygen atoms in total. The molecular weight excluding hydrogens is 466 g/mol. The Morgan fingerprint density at radius 3 is 2.66 bits per heavy atom. The molecule has 178 valence electrons. The van der Waals surface area contributed by atoms with Crippen molar-refractivity contribution in [3.63, 3.8) is 0 Å². The molecule has 0 unspecified atom stereocenters. The van der Waals surface area contributed by atoms with Gasteiger partial charge in [0.05, 0.1) is 11.3 Å². The first-order chi connectivity index (χ1) is 17.1. The van der Waals surface area contributed by atoms with Crippen LogP contribution in [0.4, 0.5) is 5.69 Å². The van der Waals surface area contributed by atoms with E-state index in [2.05, 4.69) is 5.32 Å². The first-order valence-corrected chi connectivity index (χ1v) is 12.3. The normalized spacial score (nSPS) is 13.3. The number of hydrogen-bond donors (Lipinski definition) is 1. The lowest BCUT2D eigenvalue weighted by atomic mass is 10.0. The predicted octanol–water partition coefficient (Wildman–Crippen LogP) is 4.67. The summed E-state index contributed by atoms with van der Waals surface area (Å²) in [6.07, 6.45) is 3.12. The zero-order valence-corrected chi connectivity index (χ0v) is 19.7. The van der Waals surface area contributed by atoms with Crippen LogP contribution in [0.2, 0.25) is 0 Å². The Balaban J connectivity index is 1.16. The number of amides is 1. The second-order valence-electron chi connectivity index (χ2n) is 8.24. The average molecular weight is 490 g/mol. The third-order valence-electron chi connectivity index (χ3n) is 5.88. The molecule has 0 fully saturated rings. The van der Waals surface area contributed by atoms with E-state index in [9.17, 15) is 14.4 Å². The molecule has 1 N–H and O–H groups in total. The van der Waals surface area contributed by atoms with Crippen LogP contribution < -0.4 is 14.8 Å². The van der Waals surface area contributed by atoms with E-state index in [1.807, 2.05) is 12.1 Å². The SMILES string of the molecule is O=C(CSc1ccccc1C(=O)OCC(=O)c1ccc2c(c1)CCC2)Nc1ccc2c(c1)OCO2. The number of carbonyl (C=O) groups excluding carboxylic acids is 3. The third kappa shape index (κ3) is 5.33. The van der Waals surface area contributed by atoms with Crippen molar-refractivity contribution in [3.05, 3.63) is 82.9 Å². The average Bonchev–Trinajstić information content (AvgIpc) is 3.54. The molecule has 0 saturated carbocycles. The Labute approximate surface area is 206 Å². The number of thioether (sulfide) groups is 1. The van der Waals surface area contributed by atoms with Crippen LogP contribution in [-0.2, 0) is 22.4 Å². The van der Waals surface area contributed by atoms with E-state index in [0.29, 0.717) is 33.2 Å². The van der Waals surface area contributed by atoms with E-state index in [1.165, 1.54) is 22.9 Å². The molecule has 3 aromatic carbocycles. The summed E-state index contributed by atoms with van der Waals surface area (Å²) in [4.78, 5) is 38.3. The zero-order valence-electron chi connectivity index (χ0n) is 18.9. The topological polar surface area (TPSA) is 90.9 Å². The van der Waals surface area contributed by atoms with Crippen molar-refractivity contribution in [2.45, 2.75) is 24.2 Å². The monoisotopic (exact) mass is 489 g/mol. The molecule has 0 spiro atoms. The molecule has 1 heterocycles. The van der Waals surface area contributed by atoms with Gasteiger partial charge >= 0.3 is 5.97 Å². The number of nitrogens with one attached hydrogen (secondary N) is 1. The lowest BCUT2D eigenvalue weighted by Crippen LogP contribution is -2.16. The summed E-state index contributed by atoms with van der Waals surface area (Å²) in [6, 6.07) is 17.7. The molecule has 1 amide bonds. The van der Waals surface area contributed by atoms with Crippen molar-refractivity contribution < 1.29 is 28.6 Å². The fourth-order valence-electron chi connectivity index (χ4n) is 4.11. The number of esters is 1. The van der Waals surface area contributed by atoms with Gasteiger partial charge in [0.2, 0.25) is 12.7 Å². The maximum absolute atomic E-state index is 12.7. The fourth-order valence-corrected chi connectivity index (χ4v) is 4.95. The van der Waals surface area contributed by atoms with Crippen molar-refractivity contribution in [3.8, 4) is 11.5 Å². The van der Waals surface area contributed by atoms with Crippen LogP contribution in [-0.4, -0.2) is 36.8 Å². The van der Waals surface area contributed by atoms with Gasteiger partial charge in [-0.25, -0.2) is 4.79 Å². The zero-order chi connectivity index (χ0) is 24.2. The highest BCUT2D eigenvalue weighted by Crippen LogP contribution is 2.34. The van der Waals surface area contributed by atoms with E-state index in [4.69, 9.17) is 14.2 Å². The number of rotatable bonds is 8. The van der Waals surface area contributed by atoms with E-state index in [-0.39, 0.29) is 30.8 Å². The molecule has 2 aliphatic rings. The van der Waals surface area contributed by atoms with Gasteiger partial charge in [-0.3, -0.25) is 9.59 Å². The number of ether oxygens (including phenoxy) is 3. The van der Waals surface area contributed by atoms with Gasteiger partial charge in [0, 0.05) is 22.2 Å². The number of hydrogen-bond acceptors (Lipinski definition) is 7. The van der Waals surface area contributed by atoms with Crippen molar-refractivity contribution in [2.24, 2.45) is 0 Å². The standard InChI is InChI=1S/C27H23NO6S/c29-22(19-9-8-17-4-3-5-18(17)12-19)14-32-27(31)21-6-1-2-7-25(21)35-15-26(30)28-20-10-11-23-24(13-20)34-16-33-23/h1-2,6-13H,3-5,14-16H2,(H,28,30). The van der Waals surface area contributed by atoms with Gasteiger partial charge < -0.3 is 19.5 Å². The van der Waals surface area contributed by atoms with Gasteiger partial charge in [0.25, 0.3) is 0 Å². The van der Waals surface area contributed by atoms with Crippen LogP contribution in [0.25, 0.3) is 0 Å². The Hall–Kier alpha value is -3.78. The lowest BCUT2D eigenvalue weighted by Gasteiger charge is -2.10. The van der Waals surface area contributed by atoms with Gasteiger partial charge in [-0.2, -0.15) is 0 Å². The minimum absolute atomic E-state index is 0.0901. The van der Waals surface area contributed by atoms with Gasteiger partial charge in [-0.15, -0.1) is 11.8 Å². The van der Waals surface area contributed by atoms with E-state index < -0.39 is 5.97 Å². The van der Waals surface area contributed by atoms with Crippen LogP contribution in [0.5, 0.6) is 11.5 Å². The quantitative estimate of drug-likeness (QED) is 0.279. The first-order valence-electron chi connectivity index (χ1n) is 11.3. The third-order valence-corrected chi connectivity index (χ3v) is 6.95. The molecule has 3 aromatic rings. The lowest BCUT2D eigenvalue weighted by molar-refractivity contribution is -0.113. The summed E-state index contributed by atoms with van der Waals surface area (Å²) in [5.41, 5.74) is 3.95. The molecule has 8 heteroatoms. The summed E-state index contributed by atoms with van der Waals surface area (Å²) in [7, 11) is 0. The minimum atomic E-state index is -0.598. The van der Waals surface area contributed by atoms with Crippen molar-refractivity contribution >= 4 is 35.1 Å². The molecule has 0 radical (unpaired) electrons. The largest absolute Gasteiger partial charge is 0.454 e. The highest BCUT2D eigenvalue weighted by molar-refractivity contribution is 8.00. The smallest absolute Gasteiger partial charge is 0.339 e. The van der Waals surface area contributed by atoms with E-state index in [1.54, 1.807) is 48.5 Å². The van der Waals surface area contributed by atoms with Gasteiger partial charge in [0.15, 0.2) is 23.9 Å². The van der Waals surface area contributed by atoms with Crippen molar-refractivity contribution in [2.75, 3.05) is 24.5 Å². The second-order valence-corrected chi connectivity index (χ2v) is 9.25. The molecule has 0 aromatic heterocycles. The molecule has 35 heavy (non-hydrogen) atoms. The van der Waals surface area contributed by atoms with Crippen molar-refractivity contribution in [1.29, 1.82) is 0 Å². The van der Waals surface area contributed by atoms with Crippen molar-refractivity contribution in [1.82, 2.24) is 0 Å². The molecule has 0 saturated heterocycles. The van der Waals surface area contributed by atoms with E-state index >= 15 is 0 Å². The molecule has 1 aliphatic heterocycles. The molecule has 1 aliphatic carbocycles. The Kier molecular flexibility index (Phi) is 6.72. The van der Waals surface area contributed by atoms with Crippen LogP contribution in [0, 0.1) is 0 Å². The highest BCUT2D eigenvalue weighted by Gasteiger charge is 2.19. The Morgan fingerprint density at radius 2 is 1.74 bits per heavy atom. The van der Waals surface area contributed by atoms with Gasteiger partial charge in [-0.05, 0) is 60.7 Å². The number of anilines is 1. The highest BCUT2D eigenvalue weighted by atomic mass is 32.2. The van der Waals surface area contributed by atoms with E-state index in [0.717, 1.165) is 19.3 Å². The predicted molar refractivity (Wildman–Crippen MR) is 131 cm³/mol. The molecule has 0 atom stereocenters. The maximum Gasteiger partial charge on any atom is 0.339 e. The fraction of sp³-hybridized carbons (Fsp3) is 0.222. The number of fused-ring (bicyclic) bond motifs is 2. The molecule has 5 rings (SSSR count). The van der Waals surface area contributed by atoms with Gasteiger partial charge in [-0.1, -0.05) is 24.3 Å².